The first-order valence-electron chi connectivity index (χ1n) is 5.79. The van der Waals surface area contributed by atoms with E-state index in [1.807, 2.05) is 37.5 Å². The molecule has 0 bridgehead atoms. The van der Waals surface area contributed by atoms with Crippen LogP contribution >= 0.6 is 11.6 Å². The number of hydrogen-bond donors (Lipinski definition) is 1. The summed E-state index contributed by atoms with van der Waals surface area (Å²) < 4.78 is 5.62. The number of rotatable bonds is 6. The number of aromatic amines is 1. The summed E-state index contributed by atoms with van der Waals surface area (Å²) in [5, 5.41) is 0.691. The third-order valence-corrected chi connectivity index (χ3v) is 2.75. The summed E-state index contributed by atoms with van der Waals surface area (Å²) in [7, 11) is 2.03. The van der Waals surface area contributed by atoms with Gasteiger partial charge in [-0.15, -0.1) is 0 Å². The second-order valence-corrected chi connectivity index (χ2v) is 4.52. The molecular formula is C13H16ClN3O. The number of nitrogens with zero attached hydrogens (tertiary/aromatic N) is 2. The van der Waals surface area contributed by atoms with Gasteiger partial charge >= 0.3 is 0 Å². The predicted octanol–water partition coefficient (Wildman–Crippen LogP) is 2.57. The molecule has 0 aliphatic rings. The number of hydrogen-bond acceptors (Lipinski definition) is 3. The van der Waals surface area contributed by atoms with Crippen LogP contribution in [0.3, 0.4) is 0 Å². The molecule has 2 aromatic rings. The largest absolute Gasteiger partial charge is 0.492 e. The van der Waals surface area contributed by atoms with Crippen LogP contribution in [-0.2, 0) is 6.54 Å². The van der Waals surface area contributed by atoms with E-state index in [0.29, 0.717) is 11.6 Å². The Morgan fingerprint density at radius 1 is 1.44 bits per heavy atom. The van der Waals surface area contributed by atoms with Crippen molar-refractivity contribution < 1.29 is 4.74 Å². The molecule has 1 heterocycles. The summed E-state index contributed by atoms with van der Waals surface area (Å²) in [6.07, 6.45) is 3.58. The van der Waals surface area contributed by atoms with E-state index in [4.69, 9.17) is 16.3 Å². The summed E-state index contributed by atoms with van der Waals surface area (Å²) in [6.45, 7) is 2.23. The number of benzene rings is 1. The average molecular weight is 266 g/mol. The number of ether oxygens (including phenoxy) is 1. The molecule has 0 radical (unpaired) electrons. The van der Waals surface area contributed by atoms with E-state index >= 15 is 0 Å². The Morgan fingerprint density at radius 2 is 2.33 bits per heavy atom. The normalized spacial score (nSPS) is 10.8. The van der Waals surface area contributed by atoms with Crippen LogP contribution in [0.2, 0.25) is 5.02 Å². The second-order valence-electron chi connectivity index (χ2n) is 4.08. The molecule has 0 saturated heterocycles. The number of H-pyrrole nitrogens is 1. The van der Waals surface area contributed by atoms with Crippen LogP contribution in [0.25, 0.3) is 0 Å². The van der Waals surface area contributed by atoms with Gasteiger partial charge in [0.2, 0.25) is 0 Å². The molecule has 0 amide bonds. The molecule has 1 aromatic carbocycles. The van der Waals surface area contributed by atoms with Crippen molar-refractivity contribution in [3.05, 3.63) is 47.5 Å². The Balaban J connectivity index is 1.72. The van der Waals surface area contributed by atoms with Crippen molar-refractivity contribution in [1.29, 1.82) is 0 Å². The average Bonchev–Trinajstić information content (AvgIpc) is 2.82. The van der Waals surface area contributed by atoms with Crippen molar-refractivity contribution in [3.63, 3.8) is 0 Å². The highest BCUT2D eigenvalue weighted by Crippen LogP contribution is 2.16. The molecule has 1 aromatic heterocycles. The highest BCUT2D eigenvalue weighted by molar-refractivity contribution is 6.30. The maximum absolute atomic E-state index is 5.88. The molecule has 1 N–H and O–H groups in total. The first-order chi connectivity index (χ1) is 8.74. The van der Waals surface area contributed by atoms with Gasteiger partial charge in [0.25, 0.3) is 0 Å². The number of imidazole rings is 1. The van der Waals surface area contributed by atoms with Gasteiger partial charge in [-0.3, -0.25) is 4.90 Å². The van der Waals surface area contributed by atoms with Gasteiger partial charge in [-0.2, -0.15) is 0 Å². The topological polar surface area (TPSA) is 41.1 Å². The van der Waals surface area contributed by atoms with E-state index < -0.39 is 0 Å². The highest BCUT2D eigenvalue weighted by atomic mass is 35.5. The van der Waals surface area contributed by atoms with Crippen LogP contribution in [0.5, 0.6) is 5.75 Å². The Morgan fingerprint density at radius 3 is 3.06 bits per heavy atom. The lowest BCUT2D eigenvalue weighted by Gasteiger charge is -2.15. The van der Waals surface area contributed by atoms with Crippen molar-refractivity contribution in [2.24, 2.45) is 0 Å². The fraction of sp³-hybridized carbons (Fsp3) is 0.308. The maximum Gasteiger partial charge on any atom is 0.120 e. The van der Waals surface area contributed by atoms with Gasteiger partial charge < -0.3 is 9.72 Å². The van der Waals surface area contributed by atoms with Gasteiger partial charge in [0.05, 0.1) is 6.54 Å². The van der Waals surface area contributed by atoms with Crippen molar-refractivity contribution in [1.82, 2.24) is 14.9 Å². The summed E-state index contributed by atoms with van der Waals surface area (Å²) >= 11 is 5.88. The first-order valence-corrected chi connectivity index (χ1v) is 6.17. The molecule has 5 heteroatoms. The molecule has 96 valence electrons. The summed E-state index contributed by atoms with van der Waals surface area (Å²) in [6, 6.07) is 7.42. The standard InChI is InChI=1S/C13H16ClN3O/c1-17(10-13-15-5-6-16-13)7-8-18-12-4-2-3-11(14)9-12/h2-6,9H,7-8,10H2,1H3,(H,15,16). The van der Waals surface area contributed by atoms with Gasteiger partial charge in [0.1, 0.15) is 18.2 Å². The van der Waals surface area contributed by atoms with E-state index in [2.05, 4.69) is 14.9 Å². The number of likely N-dealkylation sites (N-methyl/N-ethyl adjacent to an activating group) is 1. The van der Waals surface area contributed by atoms with Crippen LogP contribution in [0.1, 0.15) is 5.82 Å². The Bertz CT molecular complexity index is 473. The van der Waals surface area contributed by atoms with Crippen molar-refractivity contribution in [2.45, 2.75) is 6.54 Å². The number of aromatic nitrogens is 2. The van der Waals surface area contributed by atoms with Gasteiger partial charge in [-0.1, -0.05) is 17.7 Å². The van der Waals surface area contributed by atoms with E-state index in [-0.39, 0.29) is 0 Å². The van der Waals surface area contributed by atoms with Gasteiger partial charge in [0.15, 0.2) is 0 Å². The Kier molecular flexibility index (Phi) is 4.61. The quantitative estimate of drug-likeness (QED) is 0.873. The number of halogens is 1. The Hall–Kier alpha value is -1.52. The minimum Gasteiger partial charge on any atom is -0.492 e. The molecule has 0 aliphatic heterocycles. The zero-order chi connectivity index (χ0) is 12.8. The van der Waals surface area contributed by atoms with Gasteiger partial charge in [0, 0.05) is 24.0 Å². The second kappa shape index (κ2) is 6.42. The third-order valence-electron chi connectivity index (χ3n) is 2.51. The van der Waals surface area contributed by atoms with Crippen LogP contribution in [-0.4, -0.2) is 35.1 Å². The molecule has 4 nitrogen and oxygen atoms in total. The molecule has 2 rings (SSSR count). The zero-order valence-corrected chi connectivity index (χ0v) is 11.0. The molecule has 0 spiro atoms. The third kappa shape index (κ3) is 4.05. The van der Waals surface area contributed by atoms with Gasteiger partial charge in [-0.25, -0.2) is 4.98 Å². The van der Waals surface area contributed by atoms with Gasteiger partial charge in [-0.05, 0) is 25.2 Å². The van der Waals surface area contributed by atoms with Crippen molar-refractivity contribution >= 4 is 11.6 Å². The molecule has 0 atom stereocenters. The smallest absolute Gasteiger partial charge is 0.120 e. The molecule has 0 unspecified atom stereocenters. The van der Waals surface area contributed by atoms with Crippen LogP contribution in [0.15, 0.2) is 36.7 Å². The van der Waals surface area contributed by atoms with E-state index in [0.717, 1.165) is 24.7 Å². The monoisotopic (exact) mass is 265 g/mol. The fourth-order valence-electron chi connectivity index (χ4n) is 1.60. The van der Waals surface area contributed by atoms with E-state index in [9.17, 15) is 0 Å². The Labute approximate surface area is 112 Å². The summed E-state index contributed by atoms with van der Waals surface area (Å²) in [5.74, 6) is 1.76. The number of nitrogens with one attached hydrogen (secondary N) is 1. The van der Waals surface area contributed by atoms with E-state index in [1.165, 1.54) is 0 Å². The van der Waals surface area contributed by atoms with E-state index in [1.54, 1.807) is 6.20 Å². The van der Waals surface area contributed by atoms with Crippen LogP contribution in [0, 0.1) is 0 Å². The minimum atomic E-state index is 0.623. The summed E-state index contributed by atoms with van der Waals surface area (Å²) in [4.78, 5) is 9.39. The summed E-state index contributed by atoms with van der Waals surface area (Å²) in [5.41, 5.74) is 0. The first kappa shape index (κ1) is 12.9. The van der Waals surface area contributed by atoms with Crippen molar-refractivity contribution in [3.8, 4) is 5.75 Å². The van der Waals surface area contributed by atoms with Crippen LogP contribution in [0.4, 0.5) is 0 Å². The predicted molar refractivity (Wildman–Crippen MR) is 71.9 cm³/mol. The minimum absolute atomic E-state index is 0.623. The highest BCUT2D eigenvalue weighted by Gasteiger charge is 2.02. The lowest BCUT2D eigenvalue weighted by Crippen LogP contribution is -2.24. The van der Waals surface area contributed by atoms with Crippen LogP contribution < -0.4 is 4.74 Å². The lowest BCUT2D eigenvalue weighted by atomic mass is 10.3. The lowest BCUT2D eigenvalue weighted by molar-refractivity contribution is 0.230. The molecule has 18 heavy (non-hydrogen) atoms. The molecular weight excluding hydrogens is 250 g/mol. The SMILES string of the molecule is CN(CCOc1cccc(Cl)c1)Cc1ncc[nH]1. The fourth-order valence-corrected chi connectivity index (χ4v) is 1.78. The zero-order valence-electron chi connectivity index (χ0n) is 10.3. The molecule has 0 saturated carbocycles. The van der Waals surface area contributed by atoms with Crippen molar-refractivity contribution in [2.75, 3.05) is 20.2 Å². The molecule has 0 aliphatic carbocycles. The maximum atomic E-state index is 5.88. The molecule has 0 fully saturated rings.